The van der Waals surface area contributed by atoms with Gasteiger partial charge in [-0.05, 0) is 85.4 Å². The van der Waals surface area contributed by atoms with Gasteiger partial charge in [-0.2, -0.15) is 11.3 Å². The zero-order valence-corrected chi connectivity index (χ0v) is 17.8. The van der Waals surface area contributed by atoms with Crippen LogP contribution in [0.4, 0.5) is 0 Å². The molecule has 0 aliphatic carbocycles. The molecule has 3 rings (SSSR count). The van der Waals surface area contributed by atoms with Gasteiger partial charge < -0.3 is 4.74 Å². The monoisotopic (exact) mass is 408 g/mol. The summed E-state index contributed by atoms with van der Waals surface area (Å²) >= 11 is 1.65. The SMILES string of the molecule is COc1cc(C)c(C)cc1S(=O)(=O)NCC(c1ccsc1)N1CCCCC1. The molecule has 1 saturated heterocycles. The fourth-order valence-corrected chi connectivity index (χ4v) is 5.53. The van der Waals surface area contributed by atoms with E-state index < -0.39 is 10.0 Å². The average molecular weight is 409 g/mol. The number of rotatable bonds is 7. The Morgan fingerprint density at radius 1 is 1.19 bits per heavy atom. The van der Waals surface area contributed by atoms with Gasteiger partial charge >= 0.3 is 0 Å². The number of sulfonamides is 1. The van der Waals surface area contributed by atoms with E-state index in [9.17, 15) is 8.42 Å². The fourth-order valence-electron chi connectivity index (χ4n) is 3.55. The molecule has 1 aliphatic heterocycles. The first-order valence-electron chi connectivity index (χ1n) is 9.33. The number of aryl methyl sites for hydroxylation is 2. The summed E-state index contributed by atoms with van der Waals surface area (Å²) < 4.78 is 34.2. The first kappa shape index (κ1) is 20.3. The van der Waals surface area contributed by atoms with Crippen LogP contribution in [0.2, 0.25) is 0 Å². The lowest BCUT2D eigenvalue weighted by molar-refractivity contribution is 0.165. The summed E-state index contributed by atoms with van der Waals surface area (Å²) in [4.78, 5) is 2.60. The van der Waals surface area contributed by atoms with Crippen LogP contribution in [0.3, 0.4) is 0 Å². The third kappa shape index (κ3) is 4.71. The van der Waals surface area contributed by atoms with Gasteiger partial charge in [0.2, 0.25) is 10.0 Å². The van der Waals surface area contributed by atoms with Crippen molar-refractivity contribution in [1.29, 1.82) is 0 Å². The molecule has 1 atom stereocenters. The highest BCUT2D eigenvalue weighted by atomic mass is 32.2. The molecule has 0 amide bonds. The normalized spacial score (nSPS) is 17.0. The Bertz CT molecular complexity index is 858. The van der Waals surface area contributed by atoms with Crippen molar-refractivity contribution in [3.05, 3.63) is 45.6 Å². The third-order valence-corrected chi connectivity index (χ3v) is 7.44. The minimum atomic E-state index is -3.67. The zero-order chi connectivity index (χ0) is 19.4. The standard InChI is InChI=1S/C20H28N2O3S2/c1-15-11-19(25-3)20(12-16(15)2)27(23,24)21-13-18(17-7-10-26-14-17)22-8-5-4-6-9-22/h7,10-12,14,18,21H,4-6,8-9,13H2,1-3H3. The maximum absolute atomic E-state index is 13.0. The van der Waals surface area contributed by atoms with Crippen LogP contribution in [0.1, 0.15) is 42.0 Å². The van der Waals surface area contributed by atoms with E-state index in [2.05, 4.69) is 21.1 Å². The molecule has 2 heterocycles. The molecule has 0 radical (unpaired) electrons. The summed E-state index contributed by atoms with van der Waals surface area (Å²) in [6.45, 7) is 6.24. The van der Waals surface area contributed by atoms with Gasteiger partial charge in [0, 0.05) is 12.6 Å². The smallest absolute Gasteiger partial charge is 0.244 e. The van der Waals surface area contributed by atoms with Crippen LogP contribution in [0.5, 0.6) is 5.75 Å². The predicted molar refractivity (Wildman–Crippen MR) is 110 cm³/mol. The van der Waals surface area contributed by atoms with Crippen molar-refractivity contribution in [2.45, 2.75) is 44.0 Å². The molecule has 27 heavy (non-hydrogen) atoms. The summed E-state index contributed by atoms with van der Waals surface area (Å²) in [5, 5.41) is 4.16. The van der Waals surface area contributed by atoms with E-state index in [1.807, 2.05) is 19.2 Å². The van der Waals surface area contributed by atoms with Gasteiger partial charge in [0.25, 0.3) is 0 Å². The second-order valence-corrected chi connectivity index (χ2v) is 9.62. The van der Waals surface area contributed by atoms with Crippen molar-refractivity contribution < 1.29 is 13.2 Å². The molecule has 0 saturated carbocycles. The number of piperidine rings is 1. The summed E-state index contributed by atoms with van der Waals surface area (Å²) in [6, 6.07) is 5.63. The Hall–Kier alpha value is -1.41. The molecule has 1 fully saturated rings. The fraction of sp³-hybridized carbons (Fsp3) is 0.500. The lowest BCUT2D eigenvalue weighted by atomic mass is 10.0. The third-order valence-electron chi connectivity index (χ3n) is 5.30. The number of hydrogen-bond acceptors (Lipinski definition) is 5. The van der Waals surface area contributed by atoms with E-state index in [0.717, 1.165) is 24.2 Å². The number of nitrogens with one attached hydrogen (secondary N) is 1. The average Bonchev–Trinajstić information content (AvgIpc) is 3.19. The summed E-state index contributed by atoms with van der Waals surface area (Å²) in [7, 11) is -2.16. The second-order valence-electron chi connectivity index (χ2n) is 7.11. The van der Waals surface area contributed by atoms with Gasteiger partial charge in [-0.25, -0.2) is 13.1 Å². The number of benzene rings is 1. The van der Waals surface area contributed by atoms with Crippen molar-refractivity contribution in [1.82, 2.24) is 9.62 Å². The van der Waals surface area contributed by atoms with Crippen molar-refractivity contribution in [3.8, 4) is 5.75 Å². The molecule has 7 heteroatoms. The Kier molecular flexibility index (Phi) is 6.57. The van der Waals surface area contributed by atoms with Crippen molar-refractivity contribution in [2.24, 2.45) is 0 Å². The maximum atomic E-state index is 13.0. The maximum Gasteiger partial charge on any atom is 0.244 e. The number of methoxy groups -OCH3 is 1. The molecule has 1 aliphatic rings. The number of nitrogens with zero attached hydrogens (tertiary/aromatic N) is 1. The van der Waals surface area contributed by atoms with Gasteiger partial charge in [0.15, 0.2) is 0 Å². The van der Waals surface area contributed by atoms with E-state index in [1.54, 1.807) is 23.5 Å². The molecular formula is C20H28N2O3S2. The summed E-state index contributed by atoms with van der Waals surface area (Å²) in [5.74, 6) is 0.385. The molecule has 5 nitrogen and oxygen atoms in total. The molecule has 148 valence electrons. The molecular weight excluding hydrogens is 380 g/mol. The molecule has 0 bridgehead atoms. The Morgan fingerprint density at radius 3 is 2.52 bits per heavy atom. The van der Waals surface area contributed by atoms with Gasteiger partial charge in [0.05, 0.1) is 7.11 Å². The Labute approximate surface area is 166 Å². The van der Waals surface area contributed by atoms with Crippen molar-refractivity contribution >= 4 is 21.4 Å². The van der Waals surface area contributed by atoms with Crippen LogP contribution in [0.25, 0.3) is 0 Å². The zero-order valence-electron chi connectivity index (χ0n) is 16.2. The van der Waals surface area contributed by atoms with Gasteiger partial charge in [-0.3, -0.25) is 4.90 Å². The predicted octanol–water partition coefficient (Wildman–Crippen LogP) is 3.88. The first-order chi connectivity index (χ1) is 12.9. The molecule has 1 N–H and O–H groups in total. The van der Waals surface area contributed by atoms with Crippen molar-refractivity contribution in [2.75, 3.05) is 26.7 Å². The molecule has 1 unspecified atom stereocenters. The molecule has 0 spiro atoms. The minimum absolute atomic E-state index is 0.0591. The van der Waals surface area contributed by atoms with Crippen LogP contribution >= 0.6 is 11.3 Å². The van der Waals surface area contributed by atoms with E-state index >= 15 is 0 Å². The van der Waals surface area contributed by atoms with Gasteiger partial charge in [-0.15, -0.1) is 0 Å². The number of thiophene rings is 1. The van der Waals surface area contributed by atoms with Crippen LogP contribution in [-0.4, -0.2) is 40.1 Å². The van der Waals surface area contributed by atoms with E-state index in [-0.39, 0.29) is 10.9 Å². The van der Waals surface area contributed by atoms with Crippen molar-refractivity contribution in [3.63, 3.8) is 0 Å². The highest BCUT2D eigenvalue weighted by molar-refractivity contribution is 7.89. The van der Waals surface area contributed by atoms with Crippen LogP contribution < -0.4 is 9.46 Å². The van der Waals surface area contributed by atoms with E-state index in [4.69, 9.17) is 4.74 Å². The van der Waals surface area contributed by atoms with Crippen LogP contribution in [0.15, 0.2) is 33.9 Å². The second kappa shape index (κ2) is 8.73. The lowest BCUT2D eigenvalue weighted by Gasteiger charge is -2.34. The van der Waals surface area contributed by atoms with Gasteiger partial charge in [-0.1, -0.05) is 6.42 Å². The number of likely N-dealkylation sites (tertiary alicyclic amines) is 1. The van der Waals surface area contributed by atoms with E-state index in [0.29, 0.717) is 12.3 Å². The highest BCUT2D eigenvalue weighted by Crippen LogP contribution is 2.29. The highest BCUT2D eigenvalue weighted by Gasteiger charge is 2.26. The van der Waals surface area contributed by atoms with Crippen LogP contribution in [0, 0.1) is 13.8 Å². The first-order valence-corrected chi connectivity index (χ1v) is 11.8. The summed E-state index contributed by atoms with van der Waals surface area (Å²) in [6.07, 6.45) is 3.58. The summed E-state index contributed by atoms with van der Waals surface area (Å²) in [5.41, 5.74) is 3.12. The van der Waals surface area contributed by atoms with Crippen LogP contribution in [-0.2, 0) is 10.0 Å². The lowest BCUT2D eigenvalue weighted by Crippen LogP contribution is -2.40. The molecule has 2 aromatic rings. The number of ether oxygens (including phenoxy) is 1. The topological polar surface area (TPSA) is 58.6 Å². The minimum Gasteiger partial charge on any atom is -0.495 e. The largest absolute Gasteiger partial charge is 0.495 e. The quantitative estimate of drug-likeness (QED) is 0.755. The van der Waals surface area contributed by atoms with E-state index in [1.165, 1.54) is 31.9 Å². The molecule has 1 aromatic carbocycles. The Morgan fingerprint density at radius 2 is 1.89 bits per heavy atom. The number of hydrogen-bond donors (Lipinski definition) is 1. The Balaban J connectivity index is 1.83. The molecule has 1 aromatic heterocycles. The van der Waals surface area contributed by atoms with Gasteiger partial charge in [0.1, 0.15) is 10.6 Å².